The van der Waals surface area contributed by atoms with Crippen molar-refractivity contribution in [2.45, 2.75) is 19.4 Å². The molecule has 0 bridgehead atoms. The fourth-order valence-corrected chi connectivity index (χ4v) is 2.26. The highest BCUT2D eigenvalue weighted by atomic mass is 79.9. The zero-order valence-electron chi connectivity index (χ0n) is 11.2. The van der Waals surface area contributed by atoms with Gasteiger partial charge in [-0.1, -0.05) is 52.3 Å². The van der Waals surface area contributed by atoms with Crippen LogP contribution in [0.3, 0.4) is 0 Å². The molecule has 19 heavy (non-hydrogen) atoms. The highest BCUT2D eigenvalue weighted by Crippen LogP contribution is 2.24. The summed E-state index contributed by atoms with van der Waals surface area (Å²) in [6.45, 7) is 4.33. The average molecular weight is 320 g/mol. The minimum Gasteiger partial charge on any atom is -0.384 e. The van der Waals surface area contributed by atoms with Crippen LogP contribution in [0, 0.1) is 6.92 Å². The predicted molar refractivity (Wildman–Crippen MR) is 83.4 cm³/mol. The van der Waals surface area contributed by atoms with Gasteiger partial charge in [0.2, 0.25) is 0 Å². The maximum absolute atomic E-state index is 10.5. The molecule has 0 spiro atoms. The number of anilines is 1. The van der Waals surface area contributed by atoms with Crippen LogP contribution in [0.1, 0.15) is 18.1 Å². The van der Waals surface area contributed by atoms with E-state index >= 15 is 0 Å². The van der Waals surface area contributed by atoms with Crippen molar-refractivity contribution >= 4 is 21.6 Å². The van der Waals surface area contributed by atoms with Gasteiger partial charge in [-0.25, -0.2) is 0 Å². The third-order valence-electron chi connectivity index (χ3n) is 3.20. The second kappa shape index (κ2) is 5.76. The van der Waals surface area contributed by atoms with Gasteiger partial charge in [0, 0.05) is 16.7 Å². The molecular weight excluding hydrogens is 302 g/mol. The lowest BCUT2D eigenvalue weighted by molar-refractivity contribution is 0.0715. The van der Waals surface area contributed by atoms with E-state index in [1.807, 2.05) is 62.4 Å². The van der Waals surface area contributed by atoms with Gasteiger partial charge in [-0.05, 0) is 37.1 Å². The van der Waals surface area contributed by atoms with Crippen molar-refractivity contribution in [3.8, 4) is 0 Å². The van der Waals surface area contributed by atoms with Gasteiger partial charge in [0.25, 0.3) is 0 Å². The van der Waals surface area contributed by atoms with Crippen LogP contribution in [-0.4, -0.2) is 11.7 Å². The molecule has 2 nitrogen and oxygen atoms in total. The van der Waals surface area contributed by atoms with Gasteiger partial charge < -0.3 is 10.4 Å². The molecule has 2 aromatic rings. The summed E-state index contributed by atoms with van der Waals surface area (Å²) in [5.41, 5.74) is 2.21. The normalized spacial score (nSPS) is 13.9. The van der Waals surface area contributed by atoms with Crippen molar-refractivity contribution in [1.29, 1.82) is 0 Å². The number of aliphatic hydroxyl groups is 1. The van der Waals surface area contributed by atoms with E-state index in [-0.39, 0.29) is 0 Å². The SMILES string of the molecule is Cc1ccc(NCC(C)(O)c2ccccc2)cc1Br. The Kier molecular flexibility index (Phi) is 4.27. The zero-order valence-corrected chi connectivity index (χ0v) is 12.7. The van der Waals surface area contributed by atoms with Crippen LogP contribution < -0.4 is 5.32 Å². The topological polar surface area (TPSA) is 32.3 Å². The van der Waals surface area contributed by atoms with Crippen LogP contribution in [0.4, 0.5) is 5.69 Å². The van der Waals surface area contributed by atoms with E-state index in [4.69, 9.17) is 0 Å². The summed E-state index contributed by atoms with van der Waals surface area (Å²) in [5, 5.41) is 13.8. The molecule has 0 saturated heterocycles. The quantitative estimate of drug-likeness (QED) is 0.890. The third kappa shape index (κ3) is 3.58. The Morgan fingerprint density at radius 1 is 1.16 bits per heavy atom. The summed E-state index contributed by atoms with van der Waals surface area (Å²) < 4.78 is 1.07. The molecule has 0 aliphatic heterocycles. The van der Waals surface area contributed by atoms with Gasteiger partial charge in [-0.3, -0.25) is 0 Å². The number of aryl methyl sites for hydroxylation is 1. The fourth-order valence-electron chi connectivity index (χ4n) is 1.88. The van der Waals surface area contributed by atoms with Crippen molar-refractivity contribution in [2.75, 3.05) is 11.9 Å². The van der Waals surface area contributed by atoms with Gasteiger partial charge in [-0.2, -0.15) is 0 Å². The monoisotopic (exact) mass is 319 g/mol. The minimum absolute atomic E-state index is 0.465. The largest absolute Gasteiger partial charge is 0.384 e. The molecule has 0 aliphatic carbocycles. The van der Waals surface area contributed by atoms with Crippen LogP contribution in [0.5, 0.6) is 0 Å². The fraction of sp³-hybridized carbons (Fsp3) is 0.250. The van der Waals surface area contributed by atoms with E-state index in [1.165, 1.54) is 5.56 Å². The molecule has 1 unspecified atom stereocenters. The number of hydrogen-bond donors (Lipinski definition) is 2. The molecule has 0 amide bonds. The predicted octanol–water partition coefficient (Wildman–Crippen LogP) is 4.08. The first kappa shape index (κ1) is 14.1. The van der Waals surface area contributed by atoms with Gasteiger partial charge >= 0.3 is 0 Å². The Hall–Kier alpha value is -1.32. The van der Waals surface area contributed by atoms with Crippen molar-refractivity contribution in [1.82, 2.24) is 0 Å². The van der Waals surface area contributed by atoms with E-state index in [0.29, 0.717) is 6.54 Å². The van der Waals surface area contributed by atoms with E-state index in [1.54, 1.807) is 0 Å². The standard InChI is InChI=1S/C16H18BrNO/c1-12-8-9-14(10-15(12)17)18-11-16(2,19)13-6-4-3-5-7-13/h3-10,18-19H,11H2,1-2H3. The number of hydrogen-bond acceptors (Lipinski definition) is 2. The molecule has 2 N–H and O–H groups in total. The van der Waals surface area contributed by atoms with Crippen molar-refractivity contribution in [3.05, 3.63) is 64.1 Å². The van der Waals surface area contributed by atoms with E-state index < -0.39 is 5.60 Å². The van der Waals surface area contributed by atoms with Crippen molar-refractivity contribution in [3.63, 3.8) is 0 Å². The second-order valence-corrected chi connectivity index (χ2v) is 5.81. The van der Waals surface area contributed by atoms with Gasteiger partial charge in [-0.15, -0.1) is 0 Å². The Morgan fingerprint density at radius 3 is 2.47 bits per heavy atom. The zero-order chi connectivity index (χ0) is 13.9. The first-order chi connectivity index (χ1) is 8.99. The second-order valence-electron chi connectivity index (χ2n) is 4.96. The molecular formula is C16H18BrNO. The van der Waals surface area contributed by atoms with Gasteiger partial charge in [0.1, 0.15) is 5.60 Å². The Balaban J connectivity index is 2.07. The lowest BCUT2D eigenvalue weighted by Crippen LogP contribution is -2.30. The molecule has 100 valence electrons. The van der Waals surface area contributed by atoms with Crippen molar-refractivity contribution < 1.29 is 5.11 Å². The number of nitrogens with one attached hydrogen (secondary N) is 1. The highest BCUT2D eigenvalue weighted by Gasteiger charge is 2.22. The molecule has 0 saturated carbocycles. The Bertz CT molecular complexity index is 552. The molecule has 0 radical (unpaired) electrons. The van der Waals surface area contributed by atoms with Crippen LogP contribution in [0.2, 0.25) is 0 Å². The lowest BCUT2D eigenvalue weighted by atomic mass is 9.96. The summed E-state index contributed by atoms with van der Waals surface area (Å²) in [5.74, 6) is 0. The van der Waals surface area contributed by atoms with E-state index in [0.717, 1.165) is 15.7 Å². The van der Waals surface area contributed by atoms with E-state index in [9.17, 15) is 5.11 Å². The minimum atomic E-state index is -0.890. The molecule has 1 atom stereocenters. The Labute approximate surface area is 122 Å². The molecule has 0 heterocycles. The lowest BCUT2D eigenvalue weighted by Gasteiger charge is -2.25. The van der Waals surface area contributed by atoms with Crippen LogP contribution in [-0.2, 0) is 5.60 Å². The number of benzene rings is 2. The maximum Gasteiger partial charge on any atom is 0.104 e. The first-order valence-corrected chi connectivity index (χ1v) is 7.06. The molecule has 0 fully saturated rings. The maximum atomic E-state index is 10.5. The third-order valence-corrected chi connectivity index (χ3v) is 4.06. The molecule has 3 heteroatoms. The summed E-state index contributed by atoms with van der Waals surface area (Å²) in [6, 6.07) is 15.8. The highest BCUT2D eigenvalue weighted by molar-refractivity contribution is 9.10. The Morgan fingerprint density at radius 2 is 1.84 bits per heavy atom. The summed E-state index contributed by atoms with van der Waals surface area (Å²) in [6.07, 6.45) is 0. The first-order valence-electron chi connectivity index (χ1n) is 6.27. The van der Waals surface area contributed by atoms with Gasteiger partial charge in [0.05, 0.1) is 0 Å². The summed E-state index contributed by atoms with van der Waals surface area (Å²) >= 11 is 3.51. The molecule has 2 aromatic carbocycles. The molecule has 0 aromatic heterocycles. The van der Waals surface area contributed by atoms with Crippen LogP contribution in [0.25, 0.3) is 0 Å². The van der Waals surface area contributed by atoms with E-state index in [2.05, 4.69) is 21.2 Å². The van der Waals surface area contributed by atoms with Crippen LogP contribution >= 0.6 is 15.9 Å². The average Bonchev–Trinajstić information content (AvgIpc) is 2.41. The molecule has 0 aliphatic rings. The number of rotatable bonds is 4. The van der Waals surface area contributed by atoms with Crippen LogP contribution in [0.15, 0.2) is 53.0 Å². The summed E-state index contributed by atoms with van der Waals surface area (Å²) in [7, 11) is 0. The smallest absolute Gasteiger partial charge is 0.104 e. The van der Waals surface area contributed by atoms with Gasteiger partial charge in [0.15, 0.2) is 0 Å². The molecule has 2 rings (SSSR count). The number of halogens is 1. The summed E-state index contributed by atoms with van der Waals surface area (Å²) in [4.78, 5) is 0. The van der Waals surface area contributed by atoms with Crippen molar-refractivity contribution in [2.24, 2.45) is 0 Å².